The number of aryl methyl sites for hydroxylation is 1. The molecular formula is C15H17FN2O. The molecule has 3 rings (SSSR count). The average Bonchev–Trinajstić information content (AvgIpc) is 3.04. The monoisotopic (exact) mass is 260 g/mol. The van der Waals surface area contributed by atoms with Crippen molar-refractivity contribution in [2.75, 3.05) is 0 Å². The quantitative estimate of drug-likeness (QED) is 0.918. The second-order valence-corrected chi connectivity index (χ2v) is 5.31. The van der Waals surface area contributed by atoms with Gasteiger partial charge in [-0.05, 0) is 42.9 Å². The van der Waals surface area contributed by atoms with Crippen LogP contribution in [0.4, 0.5) is 4.39 Å². The predicted molar refractivity (Wildman–Crippen MR) is 71.0 cm³/mol. The van der Waals surface area contributed by atoms with Gasteiger partial charge in [-0.15, -0.1) is 0 Å². The topological polar surface area (TPSA) is 38.0 Å². The van der Waals surface area contributed by atoms with Crippen LogP contribution in [0, 0.1) is 18.7 Å². The molecular weight excluding hydrogens is 243 g/mol. The van der Waals surface area contributed by atoms with Crippen LogP contribution in [0.3, 0.4) is 0 Å². The van der Waals surface area contributed by atoms with Gasteiger partial charge in [0, 0.05) is 23.9 Å². The zero-order valence-corrected chi connectivity index (χ0v) is 10.9. The molecule has 3 nitrogen and oxygen atoms in total. The van der Waals surface area contributed by atoms with E-state index >= 15 is 0 Å². The normalized spacial score (nSPS) is 14.9. The summed E-state index contributed by atoms with van der Waals surface area (Å²) in [6.07, 6.45) is 6.31. The van der Waals surface area contributed by atoms with Crippen molar-refractivity contribution in [1.29, 1.82) is 0 Å². The van der Waals surface area contributed by atoms with Crippen molar-refractivity contribution in [1.82, 2.24) is 9.78 Å². The minimum Gasteiger partial charge on any atom is -0.392 e. The maximum absolute atomic E-state index is 13.8. The van der Waals surface area contributed by atoms with Crippen LogP contribution in [-0.2, 0) is 13.2 Å². The number of aromatic nitrogens is 2. The molecule has 1 heterocycles. The predicted octanol–water partition coefficient (Wildman–Crippen LogP) is 2.90. The third-order valence-electron chi connectivity index (χ3n) is 3.69. The summed E-state index contributed by atoms with van der Waals surface area (Å²) in [6.45, 7) is 2.50. The molecule has 1 aromatic carbocycles. The van der Waals surface area contributed by atoms with Crippen LogP contribution in [-0.4, -0.2) is 14.9 Å². The molecule has 0 unspecified atom stereocenters. The van der Waals surface area contributed by atoms with E-state index in [2.05, 4.69) is 5.10 Å². The molecule has 0 aliphatic heterocycles. The first-order valence-corrected chi connectivity index (χ1v) is 6.60. The van der Waals surface area contributed by atoms with Crippen molar-refractivity contribution >= 4 is 0 Å². The molecule has 0 saturated heterocycles. The molecule has 0 atom stereocenters. The van der Waals surface area contributed by atoms with E-state index in [1.807, 2.05) is 23.9 Å². The van der Waals surface area contributed by atoms with Gasteiger partial charge in [0.1, 0.15) is 5.82 Å². The number of halogens is 1. The Morgan fingerprint density at radius 1 is 1.37 bits per heavy atom. The number of nitrogens with zero attached hydrogens (tertiary/aromatic N) is 2. The molecule has 1 aliphatic carbocycles. The molecule has 19 heavy (non-hydrogen) atoms. The number of aliphatic hydroxyl groups is 1. The summed E-state index contributed by atoms with van der Waals surface area (Å²) in [5.41, 5.74) is 2.88. The Morgan fingerprint density at radius 2 is 2.16 bits per heavy atom. The van der Waals surface area contributed by atoms with Crippen LogP contribution in [0.5, 0.6) is 0 Å². The maximum Gasteiger partial charge on any atom is 0.129 e. The number of aliphatic hydroxyl groups excluding tert-OH is 1. The first-order valence-electron chi connectivity index (χ1n) is 6.60. The molecule has 100 valence electrons. The fraction of sp³-hybridized carbons (Fsp3) is 0.400. The van der Waals surface area contributed by atoms with Gasteiger partial charge in [-0.25, -0.2) is 4.39 Å². The summed E-state index contributed by atoms with van der Waals surface area (Å²) in [4.78, 5) is 0. The standard InChI is InChI=1S/C15H17FN2O/c1-10-4-12(5-15(16)14(10)9-19)13-6-17-18(8-13)7-11-2-3-11/h4-6,8,11,19H,2-3,7,9H2,1H3. The maximum atomic E-state index is 13.8. The highest BCUT2D eigenvalue weighted by Crippen LogP contribution is 2.31. The van der Waals surface area contributed by atoms with E-state index in [0.717, 1.165) is 29.2 Å². The molecule has 1 saturated carbocycles. The van der Waals surface area contributed by atoms with E-state index in [0.29, 0.717) is 5.56 Å². The lowest BCUT2D eigenvalue weighted by molar-refractivity contribution is 0.275. The largest absolute Gasteiger partial charge is 0.392 e. The van der Waals surface area contributed by atoms with Crippen LogP contribution in [0.2, 0.25) is 0 Å². The highest BCUT2D eigenvalue weighted by molar-refractivity contribution is 5.63. The average molecular weight is 260 g/mol. The van der Waals surface area contributed by atoms with Crippen molar-refractivity contribution in [2.24, 2.45) is 5.92 Å². The fourth-order valence-corrected chi connectivity index (χ4v) is 2.32. The third kappa shape index (κ3) is 2.54. The highest BCUT2D eigenvalue weighted by Gasteiger charge is 2.22. The van der Waals surface area contributed by atoms with Crippen molar-refractivity contribution < 1.29 is 9.50 Å². The molecule has 1 N–H and O–H groups in total. The zero-order valence-electron chi connectivity index (χ0n) is 10.9. The number of hydrogen-bond acceptors (Lipinski definition) is 2. The lowest BCUT2D eigenvalue weighted by atomic mass is 10.0. The molecule has 0 spiro atoms. The molecule has 0 bridgehead atoms. The molecule has 2 aromatic rings. The van der Waals surface area contributed by atoms with E-state index in [1.54, 1.807) is 6.20 Å². The van der Waals surface area contributed by atoms with Gasteiger partial charge in [-0.2, -0.15) is 5.10 Å². The molecule has 0 radical (unpaired) electrons. The number of hydrogen-bond donors (Lipinski definition) is 1. The van der Waals surface area contributed by atoms with Gasteiger partial charge in [0.15, 0.2) is 0 Å². The van der Waals surface area contributed by atoms with Crippen molar-refractivity contribution in [3.05, 3.63) is 41.5 Å². The van der Waals surface area contributed by atoms with Crippen LogP contribution in [0.15, 0.2) is 24.5 Å². The number of rotatable bonds is 4. The number of benzene rings is 1. The summed E-state index contributed by atoms with van der Waals surface area (Å²) in [6, 6.07) is 3.37. The van der Waals surface area contributed by atoms with Gasteiger partial charge in [-0.1, -0.05) is 6.07 Å². The summed E-state index contributed by atoms with van der Waals surface area (Å²) < 4.78 is 15.8. The van der Waals surface area contributed by atoms with Gasteiger partial charge in [0.2, 0.25) is 0 Å². The Balaban J connectivity index is 1.90. The Kier molecular flexibility index (Phi) is 3.11. The Hall–Kier alpha value is -1.68. The van der Waals surface area contributed by atoms with Gasteiger partial charge in [0.25, 0.3) is 0 Å². The minimum atomic E-state index is -0.354. The second kappa shape index (κ2) is 4.78. The summed E-state index contributed by atoms with van der Waals surface area (Å²) in [5.74, 6) is 0.412. The van der Waals surface area contributed by atoms with Crippen molar-refractivity contribution in [3.8, 4) is 11.1 Å². The first kappa shape index (κ1) is 12.4. The lowest BCUT2D eigenvalue weighted by Gasteiger charge is -2.07. The first-order chi connectivity index (χ1) is 9.17. The van der Waals surface area contributed by atoms with E-state index in [1.165, 1.54) is 18.9 Å². The smallest absolute Gasteiger partial charge is 0.129 e. The molecule has 0 amide bonds. The fourth-order valence-electron chi connectivity index (χ4n) is 2.32. The SMILES string of the molecule is Cc1cc(-c2cnn(CC3CC3)c2)cc(F)c1CO. The van der Waals surface area contributed by atoms with Crippen molar-refractivity contribution in [2.45, 2.75) is 32.9 Å². The van der Waals surface area contributed by atoms with Gasteiger partial charge in [0.05, 0.1) is 12.8 Å². The van der Waals surface area contributed by atoms with Crippen LogP contribution >= 0.6 is 0 Å². The molecule has 1 aliphatic rings. The Labute approximate surface area is 111 Å². The Morgan fingerprint density at radius 3 is 2.79 bits per heavy atom. The van der Waals surface area contributed by atoms with Gasteiger partial charge in [-0.3, -0.25) is 4.68 Å². The molecule has 1 fully saturated rings. The summed E-state index contributed by atoms with van der Waals surface area (Å²) in [7, 11) is 0. The second-order valence-electron chi connectivity index (χ2n) is 5.31. The lowest BCUT2D eigenvalue weighted by Crippen LogP contribution is -1.99. The molecule has 4 heteroatoms. The summed E-state index contributed by atoms with van der Waals surface area (Å²) >= 11 is 0. The Bertz CT molecular complexity index is 579. The van der Waals surface area contributed by atoms with Crippen LogP contribution in [0.25, 0.3) is 11.1 Å². The van der Waals surface area contributed by atoms with Crippen molar-refractivity contribution in [3.63, 3.8) is 0 Å². The van der Waals surface area contributed by atoms with Crippen LogP contribution < -0.4 is 0 Å². The van der Waals surface area contributed by atoms with Gasteiger partial charge < -0.3 is 5.11 Å². The van der Waals surface area contributed by atoms with Gasteiger partial charge >= 0.3 is 0 Å². The highest BCUT2D eigenvalue weighted by atomic mass is 19.1. The summed E-state index contributed by atoms with van der Waals surface area (Å²) in [5, 5.41) is 13.4. The van der Waals surface area contributed by atoms with E-state index < -0.39 is 0 Å². The van der Waals surface area contributed by atoms with E-state index in [-0.39, 0.29) is 12.4 Å². The van der Waals surface area contributed by atoms with E-state index in [9.17, 15) is 4.39 Å². The molecule has 1 aromatic heterocycles. The van der Waals surface area contributed by atoms with Crippen LogP contribution in [0.1, 0.15) is 24.0 Å². The minimum absolute atomic E-state index is 0.265. The zero-order chi connectivity index (χ0) is 13.4. The van der Waals surface area contributed by atoms with E-state index in [4.69, 9.17) is 5.11 Å². The third-order valence-corrected chi connectivity index (χ3v) is 3.69.